The number of nitrogens with zero attached hydrogens (tertiary/aromatic N) is 2. The second-order valence-electron chi connectivity index (χ2n) is 4.36. The molecule has 0 radical (unpaired) electrons. The first-order chi connectivity index (χ1) is 10.3. The Morgan fingerprint density at radius 3 is 2.38 bits per heavy atom. The molecule has 0 saturated heterocycles. The fraction of sp³-hybridized carbons (Fsp3) is 0. The highest BCUT2D eigenvalue weighted by Gasteiger charge is 2.05. The van der Waals surface area contributed by atoms with Gasteiger partial charge >= 0.3 is 0 Å². The van der Waals surface area contributed by atoms with Crippen LogP contribution in [0.3, 0.4) is 0 Å². The van der Waals surface area contributed by atoms with E-state index < -0.39 is 0 Å². The number of hydrogen-bond acceptors (Lipinski definition) is 5. The van der Waals surface area contributed by atoms with Crippen LogP contribution in [0.5, 0.6) is 11.5 Å². The monoisotopic (exact) mass is 278 g/mol. The molecular formula is C16H14N4O. The van der Waals surface area contributed by atoms with Crippen molar-refractivity contribution >= 4 is 17.3 Å². The number of rotatable bonds is 4. The maximum atomic E-state index is 5.87. The zero-order valence-corrected chi connectivity index (χ0v) is 11.2. The van der Waals surface area contributed by atoms with Crippen molar-refractivity contribution in [2.24, 2.45) is 0 Å². The number of nitrogens with one attached hydrogen (secondary N) is 1. The van der Waals surface area contributed by atoms with Gasteiger partial charge in [0.15, 0.2) is 5.75 Å². The molecule has 3 N–H and O–H groups in total. The van der Waals surface area contributed by atoms with Gasteiger partial charge in [-0.15, -0.1) is 0 Å². The first-order valence-corrected chi connectivity index (χ1v) is 6.48. The topological polar surface area (TPSA) is 73.1 Å². The first kappa shape index (κ1) is 12.9. The SMILES string of the molecule is Nc1cnc(Nc2ccccc2Oc2ccccc2)cn1. The normalized spacial score (nSPS) is 10.1. The van der Waals surface area contributed by atoms with E-state index in [4.69, 9.17) is 10.5 Å². The quantitative estimate of drug-likeness (QED) is 0.763. The van der Waals surface area contributed by atoms with Gasteiger partial charge < -0.3 is 15.8 Å². The van der Waals surface area contributed by atoms with Crippen molar-refractivity contribution < 1.29 is 4.74 Å². The van der Waals surface area contributed by atoms with Crippen molar-refractivity contribution in [3.8, 4) is 11.5 Å². The number of nitrogens with two attached hydrogens (primary N) is 1. The Morgan fingerprint density at radius 1 is 0.857 bits per heavy atom. The summed E-state index contributed by atoms with van der Waals surface area (Å²) in [6, 6.07) is 17.2. The highest BCUT2D eigenvalue weighted by atomic mass is 16.5. The molecule has 0 bridgehead atoms. The van der Waals surface area contributed by atoms with Crippen molar-refractivity contribution in [3.63, 3.8) is 0 Å². The number of aromatic nitrogens is 2. The van der Waals surface area contributed by atoms with Gasteiger partial charge in [-0.25, -0.2) is 9.97 Å². The third-order valence-electron chi connectivity index (χ3n) is 2.79. The van der Waals surface area contributed by atoms with E-state index >= 15 is 0 Å². The van der Waals surface area contributed by atoms with E-state index in [2.05, 4.69) is 15.3 Å². The molecule has 0 fully saturated rings. The summed E-state index contributed by atoms with van der Waals surface area (Å²) in [4.78, 5) is 8.17. The number of benzene rings is 2. The van der Waals surface area contributed by atoms with Gasteiger partial charge in [0.2, 0.25) is 0 Å². The molecule has 3 rings (SSSR count). The Hall–Kier alpha value is -3.08. The van der Waals surface area contributed by atoms with Crippen LogP contribution in [0.2, 0.25) is 0 Å². The van der Waals surface area contributed by atoms with Gasteiger partial charge in [-0.2, -0.15) is 0 Å². The van der Waals surface area contributed by atoms with Crippen molar-refractivity contribution in [2.75, 3.05) is 11.1 Å². The van der Waals surface area contributed by atoms with Crippen LogP contribution in [-0.2, 0) is 0 Å². The van der Waals surface area contributed by atoms with Crippen LogP contribution in [0.1, 0.15) is 0 Å². The summed E-state index contributed by atoms with van der Waals surface area (Å²) in [5.41, 5.74) is 6.33. The van der Waals surface area contributed by atoms with Crippen LogP contribution < -0.4 is 15.8 Å². The first-order valence-electron chi connectivity index (χ1n) is 6.48. The zero-order chi connectivity index (χ0) is 14.5. The second kappa shape index (κ2) is 5.92. The lowest BCUT2D eigenvalue weighted by Gasteiger charge is -2.12. The lowest BCUT2D eigenvalue weighted by molar-refractivity contribution is 0.485. The largest absolute Gasteiger partial charge is 0.455 e. The Kier molecular flexibility index (Phi) is 3.64. The second-order valence-corrected chi connectivity index (χ2v) is 4.36. The molecular weight excluding hydrogens is 264 g/mol. The summed E-state index contributed by atoms with van der Waals surface area (Å²) in [5, 5.41) is 3.17. The zero-order valence-electron chi connectivity index (χ0n) is 11.2. The summed E-state index contributed by atoms with van der Waals surface area (Å²) < 4.78 is 5.87. The minimum Gasteiger partial charge on any atom is -0.455 e. The van der Waals surface area contributed by atoms with Crippen LogP contribution in [0.15, 0.2) is 67.0 Å². The van der Waals surface area contributed by atoms with Crippen molar-refractivity contribution in [2.45, 2.75) is 0 Å². The molecule has 0 aliphatic carbocycles. The minimum atomic E-state index is 0.384. The van der Waals surface area contributed by atoms with E-state index in [0.29, 0.717) is 17.4 Å². The molecule has 1 aromatic heterocycles. The lowest BCUT2D eigenvalue weighted by atomic mass is 10.3. The molecule has 104 valence electrons. The molecule has 1 heterocycles. The number of para-hydroxylation sites is 3. The van der Waals surface area contributed by atoms with E-state index in [0.717, 1.165) is 11.4 Å². The maximum absolute atomic E-state index is 5.87. The average molecular weight is 278 g/mol. The number of anilines is 3. The number of hydrogen-bond donors (Lipinski definition) is 2. The Labute approximate surface area is 122 Å². The van der Waals surface area contributed by atoms with Crippen LogP contribution in [0.4, 0.5) is 17.3 Å². The van der Waals surface area contributed by atoms with E-state index in [9.17, 15) is 0 Å². The van der Waals surface area contributed by atoms with Gasteiger partial charge in [0.25, 0.3) is 0 Å². The van der Waals surface area contributed by atoms with Crippen molar-refractivity contribution in [1.29, 1.82) is 0 Å². The molecule has 0 atom stereocenters. The Balaban J connectivity index is 1.84. The predicted octanol–water partition coefficient (Wildman–Crippen LogP) is 3.59. The van der Waals surface area contributed by atoms with Crippen molar-refractivity contribution in [1.82, 2.24) is 9.97 Å². The summed E-state index contributed by atoms with van der Waals surface area (Å²) in [6.45, 7) is 0. The molecule has 0 unspecified atom stereocenters. The maximum Gasteiger partial charge on any atom is 0.150 e. The highest BCUT2D eigenvalue weighted by molar-refractivity contribution is 5.64. The molecule has 21 heavy (non-hydrogen) atoms. The van der Waals surface area contributed by atoms with Crippen LogP contribution in [-0.4, -0.2) is 9.97 Å². The third kappa shape index (κ3) is 3.27. The van der Waals surface area contributed by atoms with Crippen molar-refractivity contribution in [3.05, 3.63) is 67.0 Å². The standard InChI is InChI=1S/C16H14N4O/c17-15-10-19-16(11-18-15)20-13-8-4-5-9-14(13)21-12-6-2-1-3-7-12/h1-11H,(H2,17,18)(H,19,20). The number of nitrogen functional groups attached to an aromatic ring is 1. The Bertz CT molecular complexity index is 714. The fourth-order valence-electron chi connectivity index (χ4n) is 1.81. The summed E-state index contributed by atoms with van der Waals surface area (Å²) in [7, 11) is 0. The van der Waals surface area contributed by atoms with Gasteiger partial charge in [-0.05, 0) is 24.3 Å². The third-order valence-corrected chi connectivity index (χ3v) is 2.79. The van der Waals surface area contributed by atoms with E-state index in [1.54, 1.807) is 6.20 Å². The van der Waals surface area contributed by atoms with E-state index in [1.807, 2.05) is 54.6 Å². The fourth-order valence-corrected chi connectivity index (χ4v) is 1.81. The Morgan fingerprint density at radius 2 is 1.62 bits per heavy atom. The molecule has 5 nitrogen and oxygen atoms in total. The van der Waals surface area contributed by atoms with Crippen LogP contribution in [0.25, 0.3) is 0 Å². The molecule has 2 aromatic carbocycles. The molecule has 0 spiro atoms. The smallest absolute Gasteiger partial charge is 0.150 e. The summed E-state index contributed by atoms with van der Waals surface area (Å²) >= 11 is 0. The van der Waals surface area contributed by atoms with Crippen LogP contribution >= 0.6 is 0 Å². The van der Waals surface area contributed by atoms with Crippen LogP contribution in [0, 0.1) is 0 Å². The average Bonchev–Trinajstić information content (AvgIpc) is 2.52. The van der Waals surface area contributed by atoms with E-state index in [-0.39, 0.29) is 0 Å². The molecule has 0 aliphatic rings. The molecule has 0 aliphatic heterocycles. The molecule has 0 amide bonds. The summed E-state index contributed by atoms with van der Waals surface area (Å²) in [6.07, 6.45) is 3.08. The van der Waals surface area contributed by atoms with Gasteiger partial charge in [0.05, 0.1) is 18.1 Å². The summed E-state index contributed by atoms with van der Waals surface area (Å²) in [5.74, 6) is 2.47. The van der Waals surface area contributed by atoms with Gasteiger partial charge in [-0.3, -0.25) is 0 Å². The van der Waals surface area contributed by atoms with Gasteiger partial charge in [0, 0.05) is 0 Å². The molecule has 3 aromatic rings. The van der Waals surface area contributed by atoms with Gasteiger partial charge in [0.1, 0.15) is 17.4 Å². The van der Waals surface area contributed by atoms with E-state index in [1.165, 1.54) is 6.20 Å². The predicted molar refractivity (Wildman–Crippen MR) is 82.7 cm³/mol. The number of ether oxygens (including phenoxy) is 1. The van der Waals surface area contributed by atoms with Gasteiger partial charge in [-0.1, -0.05) is 30.3 Å². The molecule has 0 saturated carbocycles. The molecule has 5 heteroatoms. The minimum absolute atomic E-state index is 0.384. The lowest BCUT2D eigenvalue weighted by Crippen LogP contribution is -1.98. The highest BCUT2D eigenvalue weighted by Crippen LogP contribution is 2.30.